The van der Waals surface area contributed by atoms with Gasteiger partial charge in [0, 0.05) is 17.1 Å². The molecule has 0 atom stereocenters. The van der Waals surface area contributed by atoms with E-state index in [4.69, 9.17) is 26.2 Å². The molecular formula is C28H24ClIN2O5S. The van der Waals surface area contributed by atoms with Crippen molar-refractivity contribution >= 4 is 74.8 Å². The lowest BCUT2D eigenvalue weighted by molar-refractivity contribution is -0.122. The largest absolute Gasteiger partial charge is 0.490 e. The van der Waals surface area contributed by atoms with Gasteiger partial charge in [-0.05, 0) is 102 Å². The van der Waals surface area contributed by atoms with Crippen molar-refractivity contribution in [1.29, 1.82) is 0 Å². The van der Waals surface area contributed by atoms with Gasteiger partial charge in [0.2, 0.25) is 0 Å². The number of carboxylic acid groups (broad SMARTS) is 1. The van der Waals surface area contributed by atoms with E-state index in [0.29, 0.717) is 52.0 Å². The maximum Gasteiger partial charge on any atom is 0.335 e. The van der Waals surface area contributed by atoms with Crippen molar-refractivity contribution in [3.8, 4) is 11.5 Å². The fourth-order valence-electron chi connectivity index (χ4n) is 3.65. The Bertz CT molecular complexity index is 1430. The first-order valence-corrected chi connectivity index (χ1v) is 14.0. The molecule has 0 radical (unpaired) electrons. The number of likely N-dealkylation sites (N-methyl/N-ethyl adjacent to an activating group) is 1. The number of thioether (sulfide) groups is 1. The Kier molecular flexibility index (Phi) is 9.35. The third-order valence-electron chi connectivity index (χ3n) is 5.50. The van der Waals surface area contributed by atoms with Gasteiger partial charge in [-0.25, -0.2) is 9.79 Å². The number of carboxylic acids is 1. The lowest BCUT2D eigenvalue weighted by atomic mass is 10.1. The number of carbonyl (C=O) groups is 2. The van der Waals surface area contributed by atoms with Crippen molar-refractivity contribution in [2.24, 2.45) is 4.99 Å². The average Bonchev–Trinajstić information content (AvgIpc) is 3.18. The molecule has 3 aromatic carbocycles. The zero-order valence-corrected chi connectivity index (χ0v) is 24.3. The van der Waals surface area contributed by atoms with Gasteiger partial charge in [-0.2, -0.15) is 0 Å². The number of ether oxygens (including phenoxy) is 2. The summed E-state index contributed by atoms with van der Waals surface area (Å²) in [7, 11) is 0. The van der Waals surface area contributed by atoms with Crippen LogP contribution in [-0.4, -0.2) is 40.2 Å². The van der Waals surface area contributed by atoms with Gasteiger partial charge in [-0.15, -0.1) is 0 Å². The number of amides is 1. The summed E-state index contributed by atoms with van der Waals surface area (Å²) in [6.07, 6.45) is 1.81. The standard InChI is InChI=1S/C28H24ClIN2O5S/c1-3-32-26(33)24(38-28(32)31-20-11-9-18(10-12-20)27(34)35)15-17-13-22(30)25(23(14-17)36-4-2)37-16-19-7-5-6-8-21(19)29/h5-15H,3-4,16H2,1-2H3,(H,34,35)/b24-15-,31-28?. The molecule has 1 amide bonds. The molecule has 0 aliphatic carbocycles. The number of rotatable bonds is 9. The number of hydrogen-bond donors (Lipinski definition) is 1. The van der Waals surface area contributed by atoms with Crippen LogP contribution in [0.2, 0.25) is 5.02 Å². The first kappa shape index (κ1) is 28.0. The van der Waals surface area contributed by atoms with Crippen molar-refractivity contribution in [2.75, 3.05) is 13.2 Å². The van der Waals surface area contributed by atoms with Gasteiger partial charge in [-0.1, -0.05) is 29.8 Å². The van der Waals surface area contributed by atoms with E-state index < -0.39 is 5.97 Å². The summed E-state index contributed by atoms with van der Waals surface area (Å²) >= 11 is 9.75. The molecule has 196 valence electrons. The predicted octanol–water partition coefficient (Wildman–Crippen LogP) is 7.24. The molecule has 1 N–H and O–H groups in total. The summed E-state index contributed by atoms with van der Waals surface area (Å²) in [6.45, 7) is 4.98. The molecule has 1 fully saturated rings. The minimum absolute atomic E-state index is 0.148. The van der Waals surface area contributed by atoms with Crippen molar-refractivity contribution in [2.45, 2.75) is 20.5 Å². The molecule has 1 saturated heterocycles. The number of benzene rings is 3. The second-order valence-corrected chi connectivity index (χ2v) is 10.6. The Morgan fingerprint density at radius 1 is 1.13 bits per heavy atom. The van der Waals surface area contributed by atoms with Crippen LogP contribution >= 0.6 is 46.0 Å². The maximum absolute atomic E-state index is 13.1. The lowest BCUT2D eigenvalue weighted by Crippen LogP contribution is -2.28. The number of halogens is 2. The van der Waals surface area contributed by atoms with E-state index >= 15 is 0 Å². The smallest absolute Gasteiger partial charge is 0.335 e. The number of aliphatic imine (C=N–C) groups is 1. The Morgan fingerprint density at radius 2 is 1.87 bits per heavy atom. The zero-order chi connectivity index (χ0) is 27.2. The minimum Gasteiger partial charge on any atom is -0.490 e. The predicted molar refractivity (Wildman–Crippen MR) is 160 cm³/mol. The monoisotopic (exact) mass is 662 g/mol. The summed E-state index contributed by atoms with van der Waals surface area (Å²) in [5.41, 5.74) is 2.41. The quantitative estimate of drug-likeness (QED) is 0.192. The van der Waals surface area contributed by atoms with Gasteiger partial charge in [0.15, 0.2) is 16.7 Å². The van der Waals surface area contributed by atoms with Gasteiger partial charge >= 0.3 is 5.97 Å². The third kappa shape index (κ3) is 6.51. The highest BCUT2D eigenvalue weighted by Crippen LogP contribution is 2.38. The molecule has 38 heavy (non-hydrogen) atoms. The van der Waals surface area contributed by atoms with E-state index in [0.717, 1.165) is 14.7 Å². The van der Waals surface area contributed by atoms with Crippen molar-refractivity contribution in [1.82, 2.24) is 4.90 Å². The maximum atomic E-state index is 13.1. The van der Waals surface area contributed by atoms with E-state index in [9.17, 15) is 9.59 Å². The molecule has 1 aliphatic rings. The van der Waals surface area contributed by atoms with Crippen molar-refractivity contribution < 1.29 is 24.2 Å². The molecule has 0 spiro atoms. The Hall–Kier alpha value is -3.02. The Balaban J connectivity index is 1.60. The highest BCUT2D eigenvalue weighted by Gasteiger charge is 2.32. The van der Waals surface area contributed by atoms with Gasteiger partial charge in [0.05, 0.1) is 26.3 Å². The second-order valence-electron chi connectivity index (χ2n) is 8.05. The van der Waals surface area contributed by atoms with E-state index in [1.807, 2.05) is 56.3 Å². The van der Waals surface area contributed by atoms with Crippen LogP contribution in [0.1, 0.15) is 35.3 Å². The Labute approximate surface area is 243 Å². The topological polar surface area (TPSA) is 88.4 Å². The number of carbonyl (C=O) groups excluding carboxylic acids is 1. The van der Waals surface area contributed by atoms with Crippen LogP contribution in [0, 0.1) is 3.57 Å². The summed E-state index contributed by atoms with van der Waals surface area (Å²) < 4.78 is 12.8. The highest BCUT2D eigenvalue weighted by atomic mass is 127. The van der Waals surface area contributed by atoms with Crippen LogP contribution in [0.5, 0.6) is 11.5 Å². The first-order chi connectivity index (χ1) is 18.3. The highest BCUT2D eigenvalue weighted by molar-refractivity contribution is 14.1. The molecule has 4 rings (SSSR count). The fourth-order valence-corrected chi connectivity index (χ4v) is 5.68. The van der Waals surface area contributed by atoms with Gasteiger partial charge in [0.1, 0.15) is 6.61 Å². The number of aromatic carboxylic acids is 1. The SMILES string of the molecule is CCOc1cc(/C=C2\SC(=Nc3ccc(C(=O)O)cc3)N(CC)C2=O)cc(I)c1OCc1ccccc1Cl. The molecule has 0 bridgehead atoms. The molecule has 10 heteroatoms. The molecule has 3 aromatic rings. The van der Waals surface area contributed by atoms with Crippen molar-refractivity contribution in [3.63, 3.8) is 0 Å². The normalized spacial score (nSPS) is 15.4. The summed E-state index contributed by atoms with van der Waals surface area (Å²) in [5.74, 6) is 0.0393. The van der Waals surface area contributed by atoms with Crippen LogP contribution < -0.4 is 9.47 Å². The van der Waals surface area contributed by atoms with Gasteiger partial charge < -0.3 is 14.6 Å². The lowest BCUT2D eigenvalue weighted by Gasteiger charge is -2.15. The summed E-state index contributed by atoms with van der Waals surface area (Å²) in [4.78, 5) is 31.0. The fraction of sp³-hybridized carbons (Fsp3) is 0.179. The van der Waals surface area contributed by atoms with E-state index in [2.05, 4.69) is 27.6 Å². The van der Waals surface area contributed by atoms with E-state index in [1.165, 1.54) is 23.9 Å². The molecule has 1 heterocycles. The average molecular weight is 663 g/mol. The van der Waals surface area contributed by atoms with Crippen LogP contribution in [0.15, 0.2) is 70.6 Å². The molecule has 0 unspecified atom stereocenters. The molecule has 7 nitrogen and oxygen atoms in total. The summed E-state index contributed by atoms with van der Waals surface area (Å²) in [6, 6.07) is 17.5. The van der Waals surface area contributed by atoms with Crippen LogP contribution in [-0.2, 0) is 11.4 Å². The molecule has 0 aromatic heterocycles. The number of nitrogens with zero attached hydrogens (tertiary/aromatic N) is 2. The number of hydrogen-bond acceptors (Lipinski definition) is 6. The first-order valence-electron chi connectivity index (χ1n) is 11.8. The van der Waals surface area contributed by atoms with Crippen LogP contribution in [0.4, 0.5) is 5.69 Å². The third-order valence-corrected chi connectivity index (χ3v) is 7.68. The molecule has 0 saturated carbocycles. The zero-order valence-electron chi connectivity index (χ0n) is 20.6. The van der Waals surface area contributed by atoms with Crippen molar-refractivity contribution in [3.05, 3.63) is 90.9 Å². The molecule has 1 aliphatic heterocycles. The second kappa shape index (κ2) is 12.7. The van der Waals surface area contributed by atoms with Crippen LogP contribution in [0.3, 0.4) is 0 Å². The van der Waals surface area contributed by atoms with Gasteiger partial charge in [0.25, 0.3) is 5.91 Å². The van der Waals surface area contributed by atoms with E-state index in [-0.39, 0.29) is 11.5 Å². The Morgan fingerprint density at radius 3 is 2.53 bits per heavy atom. The minimum atomic E-state index is -1.00. The van der Waals surface area contributed by atoms with Gasteiger partial charge in [-0.3, -0.25) is 9.69 Å². The number of amidine groups is 1. The van der Waals surface area contributed by atoms with Crippen LogP contribution in [0.25, 0.3) is 6.08 Å². The van der Waals surface area contributed by atoms with E-state index in [1.54, 1.807) is 17.0 Å². The summed E-state index contributed by atoms with van der Waals surface area (Å²) in [5, 5.41) is 10.3. The molecular weight excluding hydrogens is 639 g/mol.